The fraction of sp³-hybridized carbons (Fsp3) is 0.500. The largest absolute Gasteiger partial charge is 0.462 e. The average Bonchev–Trinajstić information content (AvgIpc) is 2.52. The van der Waals surface area contributed by atoms with Crippen LogP contribution in [0.5, 0.6) is 0 Å². The molecular formula is C16H25N3O2S. The van der Waals surface area contributed by atoms with Crippen molar-refractivity contribution in [3.8, 4) is 0 Å². The van der Waals surface area contributed by atoms with Gasteiger partial charge < -0.3 is 20.3 Å². The van der Waals surface area contributed by atoms with Crippen LogP contribution in [-0.4, -0.2) is 48.8 Å². The molecular weight excluding hydrogens is 298 g/mol. The number of anilines is 1. The summed E-state index contributed by atoms with van der Waals surface area (Å²) in [4.78, 5) is 13.9. The molecule has 0 atom stereocenters. The van der Waals surface area contributed by atoms with Crippen molar-refractivity contribution in [2.24, 2.45) is 0 Å². The standard InChI is InChI=1S/C16H25N3O2S/c1-4-19(5-2)12-11-17-16(22)18-14-9-7-13(8-10-14)15(20)21-6-3/h7-10H,4-6,11-12H2,1-3H3,(H2,17,18,22). The van der Waals surface area contributed by atoms with Gasteiger partial charge >= 0.3 is 5.97 Å². The normalized spacial score (nSPS) is 10.4. The summed E-state index contributed by atoms with van der Waals surface area (Å²) in [7, 11) is 0. The van der Waals surface area contributed by atoms with Crippen LogP contribution in [0.25, 0.3) is 0 Å². The fourth-order valence-corrected chi connectivity index (χ4v) is 2.17. The van der Waals surface area contributed by atoms with E-state index < -0.39 is 0 Å². The predicted molar refractivity (Wildman–Crippen MR) is 94.4 cm³/mol. The van der Waals surface area contributed by atoms with Crippen molar-refractivity contribution in [2.75, 3.05) is 38.1 Å². The highest BCUT2D eigenvalue weighted by Crippen LogP contribution is 2.10. The zero-order valence-electron chi connectivity index (χ0n) is 13.5. The lowest BCUT2D eigenvalue weighted by atomic mass is 10.2. The molecule has 0 aliphatic rings. The summed E-state index contributed by atoms with van der Waals surface area (Å²) in [6, 6.07) is 7.06. The molecule has 0 heterocycles. The topological polar surface area (TPSA) is 53.6 Å². The van der Waals surface area contributed by atoms with Gasteiger partial charge in [0, 0.05) is 18.8 Å². The summed E-state index contributed by atoms with van der Waals surface area (Å²) < 4.78 is 4.94. The molecule has 0 aliphatic heterocycles. The summed E-state index contributed by atoms with van der Waals surface area (Å²) in [5.74, 6) is -0.311. The molecule has 1 aromatic rings. The molecule has 0 spiro atoms. The Balaban J connectivity index is 2.40. The lowest BCUT2D eigenvalue weighted by Gasteiger charge is -2.19. The smallest absolute Gasteiger partial charge is 0.338 e. The van der Waals surface area contributed by atoms with E-state index in [-0.39, 0.29) is 5.97 Å². The Morgan fingerprint density at radius 3 is 2.36 bits per heavy atom. The van der Waals surface area contributed by atoms with Crippen LogP contribution >= 0.6 is 12.2 Å². The molecule has 1 aromatic carbocycles. The third-order valence-electron chi connectivity index (χ3n) is 3.26. The predicted octanol–water partition coefficient (Wildman–Crippen LogP) is 2.49. The summed E-state index contributed by atoms with van der Waals surface area (Å²) in [6.07, 6.45) is 0. The first-order valence-corrected chi connectivity index (χ1v) is 8.05. The zero-order chi connectivity index (χ0) is 16.4. The van der Waals surface area contributed by atoms with Crippen molar-refractivity contribution in [1.82, 2.24) is 10.2 Å². The van der Waals surface area contributed by atoms with Gasteiger partial charge in [0.2, 0.25) is 0 Å². The van der Waals surface area contributed by atoms with Crippen molar-refractivity contribution in [3.63, 3.8) is 0 Å². The number of carbonyl (C=O) groups is 1. The van der Waals surface area contributed by atoms with Gasteiger partial charge in [-0.3, -0.25) is 0 Å². The van der Waals surface area contributed by atoms with E-state index in [9.17, 15) is 4.79 Å². The van der Waals surface area contributed by atoms with Gasteiger partial charge in [0.15, 0.2) is 5.11 Å². The van der Waals surface area contributed by atoms with Gasteiger partial charge in [-0.2, -0.15) is 0 Å². The Morgan fingerprint density at radius 2 is 1.82 bits per heavy atom. The number of carbonyl (C=O) groups excluding carboxylic acids is 1. The van der Waals surface area contributed by atoms with E-state index in [4.69, 9.17) is 17.0 Å². The lowest BCUT2D eigenvalue weighted by molar-refractivity contribution is 0.0526. The fourth-order valence-electron chi connectivity index (χ4n) is 1.95. The first kappa shape index (κ1) is 18.4. The number of hydrogen-bond donors (Lipinski definition) is 2. The Hall–Kier alpha value is -1.66. The molecule has 0 bridgehead atoms. The molecule has 122 valence electrons. The molecule has 0 saturated carbocycles. The number of thiocarbonyl (C=S) groups is 1. The first-order valence-electron chi connectivity index (χ1n) is 7.65. The van der Waals surface area contributed by atoms with Crippen molar-refractivity contribution in [2.45, 2.75) is 20.8 Å². The molecule has 0 aromatic heterocycles. The quantitative estimate of drug-likeness (QED) is 0.566. The molecule has 0 amide bonds. The Kier molecular flexibility index (Phi) is 8.47. The minimum atomic E-state index is -0.311. The van der Waals surface area contributed by atoms with E-state index in [0.717, 1.165) is 31.9 Å². The van der Waals surface area contributed by atoms with Crippen LogP contribution in [0.3, 0.4) is 0 Å². The molecule has 0 radical (unpaired) electrons. The molecule has 0 fully saturated rings. The third kappa shape index (κ3) is 6.41. The van der Waals surface area contributed by atoms with Crippen LogP contribution in [0, 0.1) is 0 Å². The average molecular weight is 323 g/mol. The maximum atomic E-state index is 11.6. The van der Waals surface area contributed by atoms with E-state index in [1.165, 1.54) is 0 Å². The van der Waals surface area contributed by atoms with E-state index in [1.54, 1.807) is 19.1 Å². The molecule has 1 rings (SSSR count). The van der Waals surface area contributed by atoms with Gasteiger partial charge in [-0.05, 0) is 56.5 Å². The van der Waals surface area contributed by atoms with E-state index in [2.05, 4.69) is 29.4 Å². The van der Waals surface area contributed by atoms with Crippen molar-refractivity contribution in [1.29, 1.82) is 0 Å². The highest BCUT2D eigenvalue weighted by molar-refractivity contribution is 7.80. The van der Waals surface area contributed by atoms with Crippen LogP contribution in [0.1, 0.15) is 31.1 Å². The van der Waals surface area contributed by atoms with Crippen LogP contribution < -0.4 is 10.6 Å². The molecule has 5 nitrogen and oxygen atoms in total. The number of nitrogens with one attached hydrogen (secondary N) is 2. The Labute approximate surface area is 138 Å². The van der Waals surface area contributed by atoms with Crippen molar-refractivity contribution in [3.05, 3.63) is 29.8 Å². The van der Waals surface area contributed by atoms with Gasteiger partial charge in [0.05, 0.1) is 12.2 Å². The monoisotopic (exact) mass is 323 g/mol. The van der Waals surface area contributed by atoms with E-state index >= 15 is 0 Å². The summed E-state index contributed by atoms with van der Waals surface area (Å²) in [6.45, 7) is 10.3. The van der Waals surface area contributed by atoms with E-state index in [1.807, 2.05) is 12.1 Å². The Morgan fingerprint density at radius 1 is 1.18 bits per heavy atom. The molecule has 0 unspecified atom stereocenters. The number of esters is 1. The SMILES string of the molecule is CCOC(=O)c1ccc(NC(=S)NCCN(CC)CC)cc1. The second kappa shape index (κ2) is 10.1. The van der Waals surface area contributed by atoms with E-state index in [0.29, 0.717) is 17.3 Å². The Bertz CT molecular complexity index is 473. The summed E-state index contributed by atoms with van der Waals surface area (Å²) in [5.41, 5.74) is 1.38. The number of ether oxygens (including phenoxy) is 1. The number of likely N-dealkylation sites (N-methyl/N-ethyl adjacent to an activating group) is 1. The van der Waals surface area contributed by atoms with Crippen LogP contribution in [0.15, 0.2) is 24.3 Å². The highest BCUT2D eigenvalue weighted by atomic mass is 32.1. The zero-order valence-corrected chi connectivity index (χ0v) is 14.3. The van der Waals surface area contributed by atoms with Gasteiger partial charge in [-0.15, -0.1) is 0 Å². The number of nitrogens with zero attached hydrogens (tertiary/aromatic N) is 1. The molecule has 0 saturated heterocycles. The maximum absolute atomic E-state index is 11.6. The molecule has 2 N–H and O–H groups in total. The van der Waals surface area contributed by atoms with Gasteiger partial charge in [0.1, 0.15) is 0 Å². The number of benzene rings is 1. The number of rotatable bonds is 8. The van der Waals surface area contributed by atoms with Crippen LogP contribution in [-0.2, 0) is 4.74 Å². The van der Waals surface area contributed by atoms with Gasteiger partial charge in [-0.1, -0.05) is 13.8 Å². The second-order valence-electron chi connectivity index (χ2n) is 4.71. The summed E-state index contributed by atoms with van der Waals surface area (Å²) >= 11 is 5.25. The van der Waals surface area contributed by atoms with Crippen molar-refractivity contribution < 1.29 is 9.53 Å². The van der Waals surface area contributed by atoms with Gasteiger partial charge in [0.25, 0.3) is 0 Å². The minimum absolute atomic E-state index is 0.311. The minimum Gasteiger partial charge on any atom is -0.462 e. The van der Waals surface area contributed by atoms with Gasteiger partial charge in [-0.25, -0.2) is 4.79 Å². The summed E-state index contributed by atoms with van der Waals surface area (Å²) in [5, 5.41) is 6.85. The van der Waals surface area contributed by atoms with Crippen LogP contribution in [0.2, 0.25) is 0 Å². The third-order valence-corrected chi connectivity index (χ3v) is 3.51. The first-order chi connectivity index (χ1) is 10.6. The molecule has 22 heavy (non-hydrogen) atoms. The lowest BCUT2D eigenvalue weighted by Crippen LogP contribution is -2.36. The number of hydrogen-bond acceptors (Lipinski definition) is 4. The second-order valence-corrected chi connectivity index (χ2v) is 5.11. The molecule has 0 aliphatic carbocycles. The van der Waals surface area contributed by atoms with Crippen LogP contribution in [0.4, 0.5) is 5.69 Å². The highest BCUT2D eigenvalue weighted by Gasteiger charge is 2.06. The maximum Gasteiger partial charge on any atom is 0.338 e. The van der Waals surface area contributed by atoms with Crippen molar-refractivity contribution >= 4 is 29.0 Å². The molecule has 6 heteroatoms.